The first kappa shape index (κ1) is 8.07. The summed E-state index contributed by atoms with van der Waals surface area (Å²) >= 11 is 0. The predicted molar refractivity (Wildman–Crippen MR) is 45.3 cm³/mol. The molecule has 3 N–H and O–H groups in total. The molecule has 1 aromatic heterocycles. The Labute approximate surface area is 66.4 Å². The van der Waals surface area contributed by atoms with Crippen LogP contribution in [0.2, 0.25) is 0 Å². The third-order valence-electron chi connectivity index (χ3n) is 1.44. The summed E-state index contributed by atoms with van der Waals surface area (Å²) in [7, 11) is 4.07. The van der Waals surface area contributed by atoms with Gasteiger partial charge < -0.3 is 15.6 Å². The van der Waals surface area contributed by atoms with E-state index in [9.17, 15) is 0 Å². The fourth-order valence-corrected chi connectivity index (χ4v) is 0.835. The van der Waals surface area contributed by atoms with E-state index in [2.05, 4.69) is 14.9 Å². The van der Waals surface area contributed by atoms with E-state index in [0.29, 0.717) is 5.82 Å². The van der Waals surface area contributed by atoms with E-state index in [1.54, 1.807) is 6.20 Å². The minimum Gasteiger partial charge on any atom is -0.384 e. The fraction of sp³-hybridized carbons (Fsp3) is 0.571. The lowest BCUT2D eigenvalue weighted by molar-refractivity contribution is 0.410. The number of nitrogens with one attached hydrogen (secondary N) is 1. The average molecular weight is 154 g/mol. The Hall–Kier alpha value is -1.03. The first-order valence-electron chi connectivity index (χ1n) is 3.62. The van der Waals surface area contributed by atoms with Crippen LogP contribution in [0.5, 0.6) is 0 Å². The van der Waals surface area contributed by atoms with E-state index in [-0.39, 0.29) is 0 Å². The van der Waals surface area contributed by atoms with Crippen LogP contribution in [-0.2, 0) is 6.42 Å². The number of anilines is 1. The van der Waals surface area contributed by atoms with Gasteiger partial charge in [0.05, 0.1) is 6.20 Å². The molecule has 0 aliphatic heterocycles. The molecule has 62 valence electrons. The molecule has 0 radical (unpaired) electrons. The van der Waals surface area contributed by atoms with Gasteiger partial charge in [0.1, 0.15) is 11.6 Å². The molecule has 0 atom stereocenters. The molecular formula is C7H14N4. The van der Waals surface area contributed by atoms with Crippen molar-refractivity contribution in [2.75, 3.05) is 26.4 Å². The van der Waals surface area contributed by atoms with Gasteiger partial charge in [-0.2, -0.15) is 0 Å². The number of hydrogen-bond acceptors (Lipinski definition) is 3. The van der Waals surface area contributed by atoms with Crippen molar-refractivity contribution in [1.29, 1.82) is 0 Å². The zero-order valence-electron chi connectivity index (χ0n) is 6.96. The van der Waals surface area contributed by atoms with Crippen LogP contribution < -0.4 is 5.73 Å². The molecule has 0 unspecified atom stereocenters. The Morgan fingerprint density at radius 1 is 1.64 bits per heavy atom. The fourth-order valence-electron chi connectivity index (χ4n) is 0.835. The van der Waals surface area contributed by atoms with Crippen molar-refractivity contribution in [1.82, 2.24) is 14.9 Å². The summed E-state index contributed by atoms with van der Waals surface area (Å²) in [6.45, 7) is 0.993. The Morgan fingerprint density at radius 2 is 2.36 bits per heavy atom. The van der Waals surface area contributed by atoms with E-state index in [1.807, 2.05) is 14.1 Å². The standard InChI is InChI=1S/C7H14N4/c1-11(2)4-3-7-9-5-6(8)10-7/h5H,3-4,8H2,1-2H3,(H,9,10). The number of hydrogen-bond donors (Lipinski definition) is 2. The molecular weight excluding hydrogens is 140 g/mol. The number of H-pyrrole nitrogens is 1. The van der Waals surface area contributed by atoms with E-state index in [1.165, 1.54) is 0 Å². The van der Waals surface area contributed by atoms with E-state index in [4.69, 9.17) is 5.73 Å². The Morgan fingerprint density at radius 3 is 2.82 bits per heavy atom. The van der Waals surface area contributed by atoms with Gasteiger partial charge in [0.25, 0.3) is 0 Å². The minimum absolute atomic E-state index is 0.638. The second-order valence-corrected chi connectivity index (χ2v) is 2.84. The molecule has 0 saturated heterocycles. The summed E-state index contributed by atoms with van der Waals surface area (Å²) in [4.78, 5) is 9.16. The Balaban J connectivity index is 2.39. The van der Waals surface area contributed by atoms with Crippen LogP contribution in [0.15, 0.2) is 6.20 Å². The summed E-state index contributed by atoms with van der Waals surface area (Å²) in [5.74, 6) is 1.59. The molecule has 11 heavy (non-hydrogen) atoms. The lowest BCUT2D eigenvalue weighted by Gasteiger charge is -2.06. The molecule has 0 spiro atoms. The molecule has 0 aromatic carbocycles. The number of aromatic amines is 1. The number of aromatic nitrogens is 2. The van der Waals surface area contributed by atoms with Crippen LogP contribution in [0.25, 0.3) is 0 Å². The number of imidazole rings is 1. The number of nitrogen functional groups attached to an aromatic ring is 1. The van der Waals surface area contributed by atoms with Crippen LogP contribution in [0.4, 0.5) is 5.82 Å². The Bertz CT molecular complexity index is 216. The van der Waals surface area contributed by atoms with Crippen molar-refractivity contribution in [2.45, 2.75) is 6.42 Å². The van der Waals surface area contributed by atoms with Crippen LogP contribution in [0, 0.1) is 0 Å². The zero-order valence-corrected chi connectivity index (χ0v) is 6.96. The van der Waals surface area contributed by atoms with Gasteiger partial charge in [0, 0.05) is 13.0 Å². The number of rotatable bonds is 3. The van der Waals surface area contributed by atoms with Crippen molar-refractivity contribution < 1.29 is 0 Å². The lowest BCUT2D eigenvalue weighted by Crippen LogP contribution is -2.15. The maximum atomic E-state index is 5.45. The minimum atomic E-state index is 0.638. The number of nitrogens with two attached hydrogens (primary N) is 1. The molecule has 4 nitrogen and oxygen atoms in total. The van der Waals surface area contributed by atoms with Crippen molar-refractivity contribution in [3.05, 3.63) is 12.0 Å². The second-order valence-electron chi connectivity index (χ2n) is 2.84. The SMILES string of the molecule is CN(C)CCc1ncc(N)[nH]1. The monoisotopic (exact) mass is 154 g/mol. The largest absolute Gasteiger partial charge is 0.384 e. The summed E-state index contributed by atoms with van der Waals surface area (Å²) in [6, 6.07) is 0. The molecule has 4 heteroatoms. The molecule has 0 saturated carbocycles. The topological polar surface area (TPSA) is 57.9 Å². The summed E-state index contributed by atoms with van der Waals surface area (Å²) in [5.41, 5.74) is 5.45. The van der Waals surface area contributed by atoms with Gasteiger partial charge in [-0.3, -0.25) is 0 Å². The van der Waals surface area contributed by atoms with Crippen molar-refractivity contribution in [2.24, 2.45) is 0 Å². The quantitative estimate of drug-likeness (QED) is 0.649. The van der Waals surface area contributed by atoms with Gasteiger partial charge >= 0.3 is 0 Å². The molecule has 0 fully saturated rings. The van der Waals surface area contributed by atoms with Crippen molar-refractivity contribution in [3.8, 4) is 0 Å². The maximum Gasteiger partial charge on any atom is 0.120 e. The van der Waals surface area contributed by atoms with Crippen molar-refractivity contribution in [3.63, 3.8) is 0 Å². The van der Waals surface area contributed by atoms with Gasteiger partial charge in [-0.05, 0) is 14.1 Å². The van der Waals surface area contributed by atoms with Gasteiger partial charge in [0.2, 0.25) is 0 Å². The molecule has 0 bridgehead atoms. The van der Waals surface area contributed by atoms with Gasteiger partial charge in [-0.15, -0.1) is 0 Å². The molecule has 0 amide bonds. The maximum absolute atomic E-state index is 5.45. The van der Waals surface area contributed by atoms with Gasteiger partial charge in [-0.1, -0.05) is 0 Å². The highest BCUT2D eigenvalue weighted by molar-refractivity contribution is 5.24. The summed E-state index contributed by atoms with van der Waals surface area (Å²) in [5, 5.41) is 0. The smallest absolute Gasteiger partial charge is 0.120 e. The van der Waals surface area contributed by atoms with Gasteiger partial charge in [-0.25, -0.2) is 4.98 Å². The molecule has 1 rings (SSSR count). The zero-order chi connectivity index (χ0) is 8.27. The normalized spacial score (nSPS) is 10.8. The molecule has 1 aromatic rings. The highest BCUT2D eigenvalue weighted by Crippen LogP contribution is 1.98. The Kier molecular flexibility index (Phi) is 2.48. The molecule has 0 aliphatic carbocycles. The highest BCUT2D eigenvalue weighted by atomic mass is 15.1. The van der Waals surface area contributed by atoms with E-state index in [0.717, 1.165) is 18.8 Å². The third-order valence-corrected chi connectivity index (χ3v) is 1.44. The van der Waals surface area contributed by atoms with Gasteiger partial charge in [0.15, 0.2) is 0 Å². The average Bonchev–Trinajstić information content (AvgIpc) is 2.31. The molecule has 0 aliphatic rings. The first-order valence-corrected chi connectivity index (χ1v) is 3.62. The van der Waals surface area contributed by atoms with Crippen LogP contribution in [-0.4, -0.2) is 35.5 Å². The van der Waals surface area contributed by atoms with Crippen molar-refractivity contribution >= 4 is 5.82 Å². The van der Waals surface area contributed by atoms with Crippen LogP contribution >= 0.6 is 0 Å². The summed E-state index contributed by atoms with van der Waals surface area (Å²) in [6.07, 6.45) is 2.56. The number of nitrogens with zero attached hydrogens (tertiary/aromatic N) is 2. The highest BCUT2D eigenvalue weighted by Gasteiger charge is 1.97. The van der Waals surface area contributed by atoms with Crippen LogP contribution in [0.3, 0.4) is 0 Å². The van der Waals surface area contributed by atoms with Crippen LogP contribution in [0.1, 0.15) is 5.82 Å². The number of likely N-dealkylation sites (N-methyl/N-ethyl adjacent to an activating group) is 1. The third kappa shape index (κ3) is 2.59. The second kappa shape index (κ2) is 3.39. The predicted octanol–water partition coefficient (Wildman–Crippen LogP) is 0.0960. The summed E-state index contributed by atoms with van der Waals surface area (Å²) < 4.78 is 0. The first-order chi connectivity index (χ1) is 5.18. The molecule has 1 heterocycles. The van der Waals surface area contributed by atoms with E-state index < -0.39 is 0 Å². The van der Waals surface area contributed by atoms with E-state index >= 15 is 0 Å². The lowest BCUT2D eigenvalue weighted by atomic mass is 10.4.